The monoisotopic (exact) mass is 765 g/mol. The molecular formula is C46H53Cl2Zr-3. The smallest absolute Gasteiger partial charge is 1.00 e. The number of benzene rings is 4. The molecule has 0 nitrogen and oxygen atoms in total. The average molecular weight is 768 g/mol. The first-order chi connectivity index (χ1) is 21.9. The van der Waals surface area contributed by atoms with Gasteiger partial charge in [0.15, 0.2) is 0 Å². The first-order valence-corrected chi connectivity index (χ1v) is 17.4. The van der Waals surface area contributed by atoms with Gasteiger partial charge in [0.1, 0.15) is 0 Å². The third-order valence-corrected chi connectivity index (χ3v) is 9.43. The molecule has 4 aromatic rings. The fraction of sp³-hybridized carbons (Fsp3) is 0.370. The second-order valence-corrected chi connectivity index (χ2v) is 15.2. The van der Waals surface area contributed by atoms with E-state index in [4.69, 9.17) is 0 Å². The van der Waals surface area contributed by atoms with Crippen molar-refractivity contribution in [3.8, 4) is 33.4 Å². The molecule has 4 aromatic carbocycles. The van der Waals surface area contributed by atoms with Gasteiger partial charge in [-0.05, 0) is 58.9 Å². The molecule has 0 atom stereocenters. The first kappa shape index (κ1) is 43.0. The van der Waals surface area contributed by atoms with Crippen LogP contribution in [0.4, 0.5) is 0 Å². The molecule has 258 valence electrons. The Labute approximate surface area is 330 Å². The summed E-state index contributed by atoms with van der Waals surface area (Å²) in [4.78, 5) is 0. The number of hydrogen-bond donors (Lipinski definition) is 0. The summed E-state index contributed by atoms with van der Waals surface area (Å²) in [5, 5.41) is 0. The molecule has 0 radical (unpaired) electrons. The Kier molecular flexibility index (Phi) is 16.6. The Hall–Kier alpha value is -2.18. The van der Waals surface area contributed by atoms with Crippen LogP contribution >= 0.6 is 0 Å². The summed E-state index contributed by atoms with van der Waals surface area (Å²) in [6, 6.07) is 28.9. The van der Waals surface area contributed by atoms with E-state index < -0.39 is 0 Å². The second-order valence-electron chi connectivity index (χ2n) is 15.2. The van der Waals surface area contributed by atoms with Gasteiger partial charge in [0.05, 0.1) is 0 Å². The van der Waals surface area contributed by atoms with Crippen molar-refractivity contribution >= 4 is 0 Å². The summed E-state index contributed by atoms with van der Waals surface area (Å²) >= 11 is 0. The molecule has 1 saturated carbocycles. The summed E-state index contributed by atoms with van der Waals surface area (Å²) < 4.78 is 0. The van der Waals surface area contributed by atoms with Crippen molar-refractivity contribution in [2.75, 3.05) is 0 Å². The number of fused-ring (bicyclic) bond motifs is 3. The average Bonchev–Trinajstić information content (AvgIpc) is 3.72. The van der Waals surface area contributed by atoms with Crippen molar-refractivity contribution in [2.24, 2.45) is 0 Å². The van der Waals surface area contributed by atoms with Crippen molar-refractivity contribution in [1.29, 1.82) is 0 Å². The molecule has 0 unspecified atom stereocenters. The molecule has 3 aliphatic rings. The summed E-state index contributed by atoms with van der Waals surface area (Å²) in [6.07, 6.45) is 20.4. The Morgan fingerprint density at radius 2 is 1.20 bits per heavy atom. The van der Waals surface area contributed by atoms with Gasteiger partial charge >= 0.3 is 26.2 Å². The van der Waals surface area contributed by atoms with Crippen molar-refractivity contribution in [2.45, 2.75) is 111 Å². The minimum atomic E-state index is 0. The Bertz CT molecular complexity index is 1590. The molecule has 0 bridgehead atoms. The minimum Gasteiger partial charge on any atom is -1.00 e. The molecular weight excluding hydrogens is 715 g/mol. The van der Waals surface area contributed by atoms with Crippen LogP contribution < -0.4 is 24.8 Å². The fourth-order valence-corrected chi connectivity index (χ4v) is 6.82. The molecule has 49 heavy (non-hydrogen) atoms. The zero-order chi connectivity index (χ0) is 32.9. The summed E-state index contributed by atoms with van der Waals surface area (Å²) in [6.45, 7) is 18.4. The molecule has 0 saturated heterocycles. The molecule has 0 heterocycles. The number of allylic oxidation sites excluding steroid dienone is 4. The van der Waals surface area contributed by atoms with E-state index in [0.717, 1.165) is 12.8 Å². The van der Waals surface area contributed by atoms with Gasteiger partial charge in [-0.1, -0.05) is 144 Å². The van der Waals surface area contributed by atoms with Crippen LogP contribution in [0.3, 0.4) is 0 Å². The van der Waals surface area contributed by atoms with Crippen LogP contribution in [0.25, 0.3) is 33.4 Å². The first-order valence-electron chi connectivity index (χ1n) is 17.4. The number of rotatable bonds is 2. The van der Waals surface area contributed by atoms with Crippen LogP contribution in [0, 0.1) is 32.4 Å². The minimum absolute atomic E-state index is 0. The zero-order valence-corrected chi connectivity index (χ0v) is 34.8. The molecule has 0 aliphatic heterocycles. The standard InChI is InChI=1S/C35H37.C6H11.C5H5.2ClH.Zr/c1-22-13-9-11-15-26(22)30-18-24-17-25-19-31(27-16-12-10-14-23(27)2)33(35(6,7)8)21-29(25)28(24)20-32(30)34(3,4)5;1-2-4-6-5-3-1;1-2-4-5-3-1;;;/h9-16,18,20-21H,17H2,1-8H3;1H,2-6H2;1-3H,4H2;2*1H;/q3*-1;;;+2/p-2. The van der Waals surface area contributed by atoms with E-state index in [-0.39, 0.29) is 61.8 Å². The normalized spacial score (nSPS) is 14.0. The van der Waals surface area contributed by atoms with Crippen LogP contribution in [0.15, 0.2) is 85.0 Å². The van der Waals surface area contributed by atoms with E-state index >= 15 is 0 Å². The Balaban J connectivity index is 0.000000506. The SMILES string of the molecule is Cc1ccccc1-c1[c-]c2c(cc1C(C)(C)C)-c1cc(C(C)(C)C)c(-c3ccccc3C)cc1C2.[C-]1=CC=CC1.[CH-]1CCCCC1.[Cl-].[Cl-].[Zr+2]. The van der Waals surface area contributed by atoms with Gasteiger partial charge < -0.3 is 31.2 Å². The van der Waals surface area contributed by atoms with E-state index in [1.807, 2.05) is 12.2 Å². The van der Waals surface area contributed by atoms with Gasteiger partial charge in [0.2, 0.25) is 0 Å². The molecule has 3 heteroatoms. The summed E-state index contributed by atoms with van der Waals surface area (Å²) in [5.41, 5.74) is 16.3. The molecule has 0 N–H and O–H groups in total. The van der Waals surface area contributed by atoms with E-state index in [1.54, 1.807) is 0 Å². The Morgan fingerprint density at radius 3 is 1.65 bits per heavy atom. The van der Waals surface area contributed by atoms with E-state index in [0.29, 0.717) is 0 Å². The zero-order valence-electron chi connectivity index (χ0n) is 30.9. The van der Waals surface area contributed by atoms with E-state index in [2.05, 4.69) is 147 Å². The number of hydrogen-bond acceptors (Lipinski definition) is 0. The predicted molar refractivity (Wildman–Crippen MR) is 200 cm³/mol. The van der Waals surface area contributed by atoms with Gasteiger partial charge in [0, 0.05) is 0 Å². The molecule has 1 fully saturated rings. The maximum Gasteiger partial charge on any atom is 2.00 e. The van der Waals surface area contributed by atoms with Crippen molar-refractivity contribution in [3.63, 3.8) is 0 Å². The molecule has 3 aliphatic carbocycles. The Morgan fingerprint density at radius 1 is 0.633 bits per heavy atom. The van der Waals surface area contributed by atoms with Crippen LogP contribution in [-0.2, 0) is 43.5 Å². The fourth-order valence-electron chi connectivity index (χ4n) is 6.82. The third-order valence-electron chi connectivity index (χ3n) is 9.43. The van der Waals surface area contributed by atoms with Crippen LogP contribution in [-0.4, -0.2) is 0 Å². The van der Waals surface area contributed by atoms with Gasteiger partial charge in [-0.3, -0.25) is 6.08 Å². The third kappa shape index (κ3) is 10.7. The van der Waals surface area contributed by atoms with Crippen LogP contribution in [0.1, 0.15) is 113 Å². The van der Waals surface area contributed by atoms with Crippen LogP contribution in [0.5, 0.6) is 0 Å². The van der Waals surface area contributed by atoms with Gasteiger partial charge in [-0.15, -0.1) is 35.2 Å². The van der Waals surface area contributed by atoms with E-state index in [9.17, 15) is 0 Å². The van der Waals surface area contributed by atoms with Gasteiger partial charge in [-0.2, -0.15) is 18.9 Å². The number of aryl methyl sites for hydroxylation is 2. The van der Waals surface area contributed by atoms with Crippen molar-refractivity contribution < 1.29 is 51.0 Å². The molecule has 0 amide bonds. The van der Waals surface area contributed by atoms with E-state index in [1.165, 1.54) is 98.9 Å². The topological polar surface area (TPSA) is 0 Å². The largest absolute Gasteiger partial charge is 2.00 e. The summed E-state index contributed by atoms with van der Waals surface area (Å²) in [7, 11) is 0. The second kappa shape index (κ2) is 18.9. The van der Waals surface area contributed by atoms with Gasteiger partial charge in [0.25, 0.3) is 0 Å². The quantitative estimate of drug-likeness (QED) is 0.169. The molecule has 0 aromatic heterocycles. The summed E-state index contributed by atoms with van der Waals surface area (Å²) in [5.74, 6) is 0. The molecule has 7 rings (SSSR count). The maximum absolute atomic E-state index is 3.93. The molecule has 0 spiro atoms. The van der Waals surface area contributed by atoms with Crippen LogP contribution in [0.2, 0.25) is 0 Å². The van der Waals surface area contributed by atoms with Crippen molar-refractivity contribution in [1.82, 2.24) is 0 Å². The van der Waals surface area contributed by atoms with Gasteiger partial charge in [-0.25, -0.2) is 12.2 Å². The van der Waals surface area contributed by atoms with Crippen molar-refractivity contribution in [3.05, 3.63) is 137 Å². The predicted octanol–water partition coefficient (Wildman–Crippen LogP) is 7.07. The number of halogens is 2. The maximum atomic E-state index is 3.93.